The van der Waals surface area contributed by atoms with E-state index in [2.05, 4.69) is 37.9 Å². The summed E-state index contributed by atoms with van der Waals surface area (Å²) in [5.74, 6) is 1.55. The van der Waals surface area contributed by atoms with Gasteiger partial charge in [-0.15, -0.1) is 0 Å². The lowest BCUT2D eigenvalue weighted by Gasteiger charge is -2.26. The van der Waals surface area contributed by atoms with E-state index in [1.54, 1.807) is 0 Å². The fraction of sp³-hybridized carbons (Fsp3) is 0.214. The molecule has 0 radical (unpaired) electrons. The van der Waals surface area contributed by atoms with E-state index in [1.165, 1.54) is 0 Å². The highest BCUT2D eigenvalue weighted by Crippen LogP contribution is 2.43. The van der Waals surface area contributed by atoms with Gasteiger partial charge in [0.05, 0.1) is 4.47 Å². The average molecular weight is 370 g/mol. The Kier molecular flexibility index (Phi) is 3.16. The Balaban J connectivity index is 2.20. The summed E-state index contributed by atoms with van der Waals surface area (Å²) in [5.41, 5.74) is 2.94. The molecule has 0 saturated carbocycles. The Labute approximate surface area is 122 Å². The molecule has 2 aliphatic rings. The molecule has 0 N–H and O–H groups in total. The van der Waals surface area contributed by atoms with Crippen molar-refractivity contribution in [1.82, 2.24) is 0 Å². The summed E-state index contributed by atoms with van der Waals surface area (Å²) in [7, 11) is 0. The van der Waals surface area contributed by atoms with Crippen molar-refractivity contribution in [2.24, 2.45) is 0 Å². The molecule has 1 aromatic carbocycles. The molecule has 0 amide bonds. The number of allylic oxidation sites excluding steroid dienone is 2. The predicted octanol–water partition coefficient (Wildman–Crippen LogP) is 4.62. The van der Waals surface area contributed by atoms with Crippen LogP contribution in [0.15, 0.2) is 38.0 Å². The zero-order valence-corrected chi connectivity index (χ0v) is 12.7. The smallest absolute Gasteiger partial charge is 0.149 e. The van der Waals surface area contributed by atoms with Gasteiger partial charge in [0.1, 0.15) is 17.8 Å². The van der Waals surface area contributed by atoms with Gasteiger partial charge in [-0.2, -0.15) is 0 Å². The molecule has 92 valence electrons. The van der Waals surface area contributed by atoms with Crippen molar-refractivity contribution in [2.45, 2.75) is 19.3 Å². The second-order valence-electron chi connectivity index (χ2n) is 4.40. The minimum Gasteiger partial charge on any atom is -0.455 e. The van der Waals surface area contributed by atoms with Crippen molar-refractivity contribution in [2.75, 3.05) is 0 Å². The first-order valence-corrected chi connectivity index (χ1v) is 7.34. The summed E-state index contributed by atoms with van der Waals surface area (Å²) in [6.07, 6.45) is 5.82. The lowest BCUT2D eigenvalue weighted by atomic mass is 9.91. The molecule has 3 rings (SSSR count). The second kappa shape index (κ2) is 4.67. The minimum atomic E-state index is 0.756. The number of ether oxygens (including phenoxy) is 1. The van der Waals surface area contributed by atoms with Crippen LogP contribution in [-0.2, 0) is 4.79 Å². The molecular weight excluding hydrogens is 360 g/mol. The molecule has 0 atom stereocenters. The maximum absolute atomic E-state index is 11.1. The summed E-state index contributed by atoms with van der Waals surface area (Å²) in [5, 5.41) is 0. The second-order valence-corrected chi connectivity index (χ2v) is 6.17. The molecule has 1 aromatic rings. The molecular formula is C14H10Br2O2. The number of carbonyl (C=O) groups excluding carboxylic acids is 1. The molecule has 18 heavy (non-hydrogen) atoms. The van der Waals surface area contributed by atoms with Crippen LogP contribution in [0.1, 0.15) is 24.8 Å². The van der Waals surface area contributed by atoms with Gasteiger partial charge >= 0.3 is 0 Å². The van der Waals surface area contributed by atoms with Gasteiger partial charge in [-0.25, -0.2) is 0 Å². The standard InChI is InChI=1S/C14H10Br2O2/c15-11-5-10-4-8-2-1-3-9(7-17)13(8)18-14(10)12(16)6-11/h4-7H,1-3H2. The third-order valence-corrected chi connectivity index (χ3v) is 4.24. The quantitative estimate of drug-likeness (QED) is 0.675. The maximum atomic E-state index is 11.1. The zero-order chi connectivity index (χ0) is 12.7. The molecule has 0 unspecified atom stereocenters. The molecule has 0 aromatic heterocycles. The number of rotatable bonds is 1. The van der Waals surface area contributed by atoms with Crippen LogP contribution in [0.25, 0.3) is 6.08 Å². The first-order chi connectivity index (χ1) is 8.69. The van der Waals surface area contributed by atoms with Gasteiger partial charge < -0.3 is 4.74 Å². The fourth-order valence-corrected chi connectivity index (χ4v) is 3.71. The van der Waals surface area contributed by atoms with Gasteiger partial charge in [0.25, 0.3) is 0 Å². The number of fused-ring (bicyclic) bond motifs is 2. The van der Waals surface area contributed by atoms with Crippen molar-refractivity contribution >= 4 is 44.2 Å². The van der Waals surface area contributed by atoms with E-state index < -0.39 is 0 Å². The number of benzene rings is 1. The summed E-state index contributed by atoms with van der Waals surface area (Å²) >= 11 is 6.97. The van der Waals surface area contributed by atoms with Gasteiger partial charge in [-0.1, -0.05) is 15.9 Å². The molecule has 1 aliphatic heterocycles. The molecule has 0 saturated heterocycles. The van der Waals surface area contributed by atoms with Crippen molar-refractivity contribution in [1.29, 1.82) is 0 Å². The molecule has 1 aliphatic carbocycles. The number of hydrogen-bond donors (Lipinski definition) is 0. The van der Waals surface area contributed by atoms with E-state index in [4.69, 9.17) is 4.74 Å². The molecule has 4 heteroatoms. The summed E-state index contributed by atoms with van der Waals surface area (Å²) < 4.78 is 7.84. The third kappa shape index (κ3) is 1.97. The molecule has 0 bridgehead atoms. The Bertz CT molecular complexity index is 600. The largest absolute Gasteiger partial charge is 0.455 e. The molecule has 0 fully saturated rings. The van der Waals surface area contributed by atoms with Gasteiger partial charge in [0.15, 0.2) is 0 Å². The van der Waals surface area contributed by atoms with Crippen LogP contribution >= 0.6 is 31.9 Å². The highest BCUT2D eigenvalue weighted by Gasteiger charge is 2.25. The van der Waals surface area contributed by atoms with Gasteiger partial charge in [0.2, 0.25) is 0 Å². The number of carbonyl (C=O) groups is 1. The van der Waals surface area contributed by atoms with Crippen molar-refractivity contribution in [3.8, 4) is 5.75 Å². The van der Waals surface area contributed by atoms with Crippen LogP contribution < -0.4 is 4.74 Å². The Morgan fingerprint density at radius 3 is 2.83 bits per heavy atom. The summed E-state index contributed by atoms with van der Waals surface area (Å²) in [6, 6.07) is 3.97. The topological polar surface area (TPSA) is 26.3 Å². The van der Waals surface area contributed by atoms with Gasteiger partial charge in [-0.3, -0.25) is 4.79 Å². The lowest BCUT2D eigenvalue weighted by Crippen LogP contribution is -2.13. The first-order valence-electron chi connectivity index (χ1n) is 5.75. The maximum Gasteiger partial charge on any atom is 0.149 e. The number of hydrogen-bond acceptors (Lipinski definition) is 2. The third-order valence-electron chi connectivity index (χ3n) is 3.19. The van der Waals surface area contributed by atoms with Crippen LogP contribution in [0.4, 0.5) is 0 Å². The van der Waals surface area contributed by atoms with E-state index in [9.17, 15) is 4.79 Å². The van der Waals surface area contributed by atoms with Crippen LogP contribution in [0.3, 0.4) is 0 Å². The zero-order valence-electron chi connectivity index (χ0n) is 9.50. The van der Waals surface area contributed by atoms with E-state index in [1.807, 2.05) is 12.1 Å². The van der Waals surface area contributed by atoms with E-state index in [0.717, 1.165) is 62.7 Å². The van der Waals surface area contributed by atoms with E-state index in [-0.39, 0.29) is 0 Å². The Morgan fingerprint density at radius 1 is 1.22 bits per heavy atom. The number of halogens is 2. The van der Waals surface area contributed by atoms with E-state index in [0.29, 0.717) is 0 Å². The minimum absolute atomic E-state index is 0.756. The number of aldehydes is 1. The summed E-state index contributed by atoms with van der Waals surface area (Å²) in [6.45, 7) is 0. The van der Waals surface area contributed by atoms with Crippen LogP contribution in [-0.4, -0.2) is 6.29 Å². The molecule has 2 nitrogen and oxygen atoms in total. The van der Waals surface area contributed by atoms with Crippen LogP contribution in [0.5, 0.6) is 5.75 Å². The predicted molar refractivity (Wildman–Crippen MR) is 77.4 cm³/mol. The highest BCUT2D eigenvalue weighted by molar-refractivity contribution is 9.11. The van der Waals surface area contributed by atoms with Crippen molar-refractivity contribution < 1.29 is 9.53 Å². The molecule has 0 spiro atoms. The van der Waals surface area contributed by atoms with Crippen LogP contribution in [0.2, 0.25) is 0 Å². The molecule has 1 heterocycles. The lowest BCUT2D eigenvalue weighted by molar-refractivity contribution is -0.105. The van der Waals surface area contributed by atoms with Gasteiger partial charge in [-0.05, 0) is 59.0 Å². The Hall–Kier alpha value is -0.870. The summed E-state index contributed by atoms with van der Waals surface area (Å²) in [4.78, 5) is 11.1. The van der Waals surface area contributed by atoms with E-state index >= 15 is 0 Å². The van der Waals surface area contributed by atoms with Crippen LogP contribution in [0, 0.1) is 0 Å². The monoisotopic (exact) mass is 368 g/mol. The average Bonchev–Trinajstić information content (AvgIpc) is 2.36. The highest BCUT2D eigenvalue weighted by atomic mass is 79.9. The normalized spacial score (nSPS) is 17.6. The first kappa shape index (κ1) is 12.2. The SMILES string of the molecule is O=CC1=C2Oc3c(Br)cc(Br)cc3C=C2CCC1. The van der Waals surface area contributed by atoms with Crippen molar-refractivity contribution in [3.05, 3.63) is 43.5 Å². The fourth-order valence-electron chi connectivity index (χ4n) is 2.37. The van der Waals surface area contributed by atoms with Gasteiger partial charge in [0, 0.05) is 15.6 Å². The Morgan fingerprint density at radius 2 is 2.06 bits per heavy atom. The van der Waals surface area contributed by atoms with Crippen molar-refractivity contribution in [3.63, 3.8) is 0 Å².